The lowest BCUT2D eigenvalue weighted by molar-refractivity contribution is 0.0412. The number of nitrogens with zero attached hydrogens (tertiary/aromatic N) is 1. The molecule has 10 heteroatoms. The van der Waals surface area contributed by atoms with Gasteiger partial charge >= 0.3 is 18.3 Å². The average Bonchev–Trinajstić information content (AvgIpc) is 2.51. The van der Waals surface area contributed by atoms with Crippen molar-refractivity contribution in [3.63, 3.8) is 0 Å². The van der Waals surface area contributed by atoms with Crippen LogP contribution in [0, 0.1) is 0 Å². The smallest absolute Gasteiger partial charge is 0.397 e. The molecule has 0 unspecified atom stereocenters. The molecule has 8 nitrogen and oxygen atoms in total. The largest absolute Gasteiger partial charge is 0.669 e. The van der Waals surface area contributed by atoms with Gasteiger partial charge in [0.05, 0.1) is 0 Å². The van der Waals surface area contributed by atoms with Crippen LogP contribution >= 0.6 is 0 Å². The molecular formula is C11H30N3O5Si2. The summed E-state index contributed by atoms with van der Waals surface area (Å²) in [5.74, 6) is 0. The van der Waals surface area contributed by atoms with Gasteiger partial charge < -0.3 is 38.2 Å². The van der Waals surface area contributed by atoms with E-state index in [-0.39, 0.29) is 0 Å². The van der Waals surface area contributed by atoms with Crippen LogP contribution < -0.4 is 11.5 Å². The Morgan fingerprint density at radius 3 is 1.81 bits per heavy atom. The van der Waals surface area contributed by atoms with E-state index in [9.17, 15) is 0 Å². The Labute approximate surface area is 130 Å². The molecule has 127 valence electrons. The molecule has 0 saturated carbocycles. The molecule has 0 bridgehead atoms. The van der Waals surface area contributed by atoms with Crippen LogP contribution in [0.25, 0.3) is 0 Å². The minimum absolute atomic E-state index is 0.631. The van der Waals surface area contributed by atoms with Crippen LogP contribution in [0.15, 0.2) is 0 Å². The average molecular weight is 341 g/mol. The summed E-state index contributed by atoms with van der Waals surface area (Å²) in [6, 6.07) is 0.803. The fraction of sp³-hybridized carbons (Fsp3) is 1.00. The summed E-state index contributed by atoms with van der Waals surface area (Å²) >= 11 is 0. The highest BCUT2D eigenvalue weighted by molar-refractivity contribution is 6.64. The SMILES string of the molecule is CO[Si](CCCN(CCN)CCN)O[Si](OC)(OC)OC. The number of hydrogen-bond donors (Lipinski definition) is 2. The topological polar surface area (TPSA) is 101 Å². The molecule has 0 atom stereocenters. The molecule has 0 heterocycles. The third-order valence-electron chi connectivity index (χ3n) is 2.96. The Morgan fingerprint density at radius 2 is 1.43 bits per heavy atom. The van der Waals surface area contributed by atoms with Crippen molar-refractivity contribution in [1.82, 2.24) is 4.90 Å². The predicted octanol–water partition coefficient (Wildman–Crippen LogP) is -0.878. The van der Waals surface area contributed by atoms with Crippen LogP contribution in [-0.4, -0.2) is 84.4 Å². The summed E-state index contributed by atoms with van der Waals surface area (Å²) in [6.07, 6.45) is 0.934. The van der Waals surface area contributed by atoms with Gasteiger partial charge in [-0.3, -0.25) is 0 Å². The van der Waals surface area contributed by atoms with E-state index in [1.807, 2.05) is 0 Å². The zero-order valence-electron chi connectivity index (χ0n) is 13.6. The van der Waals surface area contributed by atoms with Crippen LogP contribution in [0.2, 0.25) is 6.04 Å². The van der Waals surface area contributed by atoms with E-state index in [0.29, 0.717) is 13.1 Å². The highest BCUT2D eigenvalue weighted by atomic mass is 28.5. The van der Waals surface area contributed by atoms with Crippen molar-refractivity contribution in [2.45, 2.75) is 12.5 Å². The first-order valence-electron chi connectivity index (χ1n) is 6.98. The van der Waals surface area contributed by atoms with E-state index in [2.05, 4.69) is 4.90 Å². The molecule has 0 aliphatic rings. The van der Waals surface area contributed by atoms with Crippen molar-refractivity contribution >= 4 is 18.3 Å². The maximum absolute atomic E-state index is 5.82. The van der Waals surface area contributed by atoms with E-state index >= 15 is 0 Å². The second-order valence-electron chi connectivity index (χ2n) is 4.31. The Balaban J connectivity index is 4.25. The summed E-state index contributed by atoms with van der Waals surface area (Å²) in [5, 5.41) is 0. The minimum Gasteiger partial charge on any atom is -0.397 e. The lowest BCUT2D eigenvalue weighted by Crippen LogP contribution is -2.51. The molecule has 0 aliphatic carbocycles. The van der Waals surface area contributed by atoms with Crippen molar-refractivity contribution in [2.24, 2.45) is 11.5 Å². The molecule has 0 amide bonds. The zero-order valence-corrected chi connectivity index (χ0v) is 15.6. The highest BCUT2D eigenvalue weighted by Crippen LogP contribution is 2.13. The van der Waals surface area contributed by atoms with Crippen molar-refractivity contribution in [1.29, 1.82) is 0 Å². The molecular weight excluding hydrogens is 310 g/mol. The molecule has 0 aromatic rings. The van der Waals surface area contributed by atoms with Crippen LogP contribution in [0.4, 0.5) is 0 Å². The standard InChI is InChI=1S/C11H30N3O5Si2/c1-15-20(19-21(16-2,17-3)18-4)11-5-8-14(9-6-12)10-7-13/h5-13H2,1-4H3. The fourth-order valence-electron chi connectivity index (χ4n) is 1.86. The van der Waals surface area contributed by atoms with Gasteiger partial charge in [-0.15, -0.1) is 0 Å². The number of rotatable bonds is 14. The summed E-state index contributed by atoms with van der Waals surface area (Å²) in [5.41, 5.74) is 11.2. The Kier molecular flexibility index (Phi) is 12.7. The molecule has 4 N–H and O–H groups in total. The quantitative estimate of drug-likeness (QED) is 0.393. The normalized spacial score (nSPS) is 12.6. The summed E-state index contributed by atoms with van der Waals surface area (Å²) in [7, 11) is 1.62. The molecule has 0 spiro atoms. The molecule has 0 aromatic carbocycles. The van der Waals surface area contributed by atoms with Gasteiger partial charge in [-0.2, -0.15) is 0 Å². The zero-order chi connectivity index (χ0) is 16.1. The van der Waals surface area contributed by atoms with Gasteiger partial charge in [0.15, 0.2) is 0 Å². The second-order valence-corrected chi connectivity index (χ2v) is 9.01. The first-order valence-corrected chi connectivity index (χ1v) is 10.1. The molecule has 21 heavy (non-hydrogen) atoms. The lowest BCUT2D eigenvalue weighted by atomic mass is 10.4. The van der Waals surface area contributed by atoms with Gasteiger partial charge in [-0.1, -0.05) is 0 Å². The number of nitrogens with two attached hydrogens (primary N) is 2. The maximum atomic E-state index is 5.82. The highest BCUT2D eigenvalue weighted by Gasteiger charge is 2.45. The third kappa shape index (κ3) is 8.35. The van der Waals surface area contributed by atoms with Crippen LogP contribution in [0.1, 0.15) is 6.42 Å². The Morgan fingerprint density at radius 1 is 0.905 bits per heavy atom. The lowest BCUT2D eigenvalue weighted by Gasteiger charge is -2.27. The summed E-state index contributed by atoms with van der Waals surface area (Å²) in [4.78, 5) is 2.24. The van der Waals surface area contributed by atoms with E-state index in [1.54, 1.807) is 7.11 Å². The van der Waals surface area contributed by atoms with Crippen molar-refractivity contribution < 1.29 is 21.8 Å². The Hall–Kier alpha value is 0.114. The molecule has 1 radical (unpaired) electrons. The second kappa shape index (κ2) is 12.6. The Bertz CT molecular complexity index is 236. The van der Waals surface area contributed by atoms with Crippen molar-refractivity contribution in [3.8, 4) is 0 Å². The van der Waals surface area contributed by atoms with Gasteiger partial charge in [-0.05, 0) is 19.0 Å². The van der Waals surface area contributed by atoms with Gasteiger partial charge in [0, 0.05) is 54.6 Å². The maximum Gasteiger partial charge on any atom is 0.669 e. The fourth-order valence-corrected chi connectivity index (χ4v) is 5.86. The monoisotopic (exact) mass is 340 g/mol. The van der Waals surface area contributed by atoms with Crippen LogP contribution in [-0.2, 0) is 21.8 Å². The first kappa shape index (κ1) is 21.1. The predicted molar refractivity (Wildman–Crippen MR) is 84.6 cm³/mol. The molecule has 0 aromatic heterocycles. The van der Waals surface area contributed by atoms with Gasteiger partial charge in [-0.25, -0.2) is 0 Å². The van der Waals surface area contributed by atoms with E-state index in [1.165, 1.54) is 21.3 Å². The molecule has 0 rings (SSSR count). The molecule has 0 aliphatic heterocycles. The van der Waals surface area contributed by atoms with Crippen LogP contribution in [0.3, 0.4) is 0 Å². The number of hydrogen-bond acceptors (Lipinski definition) is 8. The first-order chi connectivity index (χ1) is 10.1. The van der Waals surface area contributed by atoms with E-state index in [4.69, 9.17) is 33.3 Å². The van der Waals surface area contributed by atoms with Crippen molar-refractivity contribution in [2.75, 3.05) is 61.2 Å². The van der Waals surface area contributed by atoms with Crippen molar-refractivity contribution in [3.05, 3.63) is 0 Å². The summed E-state index contributed by atoms with van der Waals surface area (Å²) < 4.78 is 27.0. The van der Waals surface area contributed by atoms with Crippen LogP contribution in [0.5, 0.6) is 0 Å². The minimum atomic E-state index is -3.04. The van der Waals surface area contributed by atoms with E-state index < -0.39 is 18.3 Å². The van der Waals surface area contributed by atoms with Gasteiger partial charge in [0.1, 0.15) is 0 Å². The third-order valence-corrected chi connectivity index (χ3v) is 7.59. The summed E-state index contributed by atoms with van der Waals surface area (Å²) in [6.45, 7) is 3.87. The molecule has 0 saturated heterocycles. The van der Waals surface area contributed by atoms with E-state index in [0.717, 1.165) is 32.1 Å². The van der Waals surface area contributed by atoms with Gasteiger partial charge in [0.25, 0.3) is 0 Å². The van der Waals surface area contributed by atoms with Gasteiger partial charge in [0.2, 0.25) is 0 Å². The molecule has 0 fully saturated rings.